The van der Waals surface area contributed by atoms with Gasteiger partial charge in [-0.05, 0) is 40.2 Å². The van der Waals surface area contributed by atoms with Crippen LogP contribution in [0.2, 0.25) is 16.6 Å². The molecule has 0 aliphatic heterocycles. The summed E-state index contributed by atoms with van der Waals surface area (Å²) >= 11 is 1.73. The maximum Gasteiger partial charge on any atom is 0.146 e. The van der Waals surface area contributed by atoms with Crippen molar-refractivity contribution in [1.82, 2.24) is 4.98 Å². The molecule has 0 aliphatic carbocycles. The van der Waals surface area contributed by atoms with Gasteiger partial charge in [-0.2, -0.15) is 0 Å². The van der Waals surface area contributed by atoms with E-state index in [1.54, 1.807) is 11.3 Å². The highest BCUT2D eigenvalue weighted by Gasteiger charge is 2.41. The van der Waals surface area contributed by atoms with E-state index in [-0.39, 0.29) is 0 Å². The molecule has 2 rings (SSSR count). The highest BCUT2D eigenvalue weighted by molar-refractivity contribution is 7.13. The molecular weight excluding hydrogens is 314 g/mol. The molecule has 2 aromatic rings. The Hall–Kier alpha value is -1.37. The number of hydrogen-bond donors (Lipinski definition) is 0. The lowest BCUT2D eigenvalue weighted by atomic mass is 10.2. The molecule has 0 atom stereocenters. The van der Waals surface area contributed by atoms with Gasteiger partial charge in [0.1, 0.15) is 8.07 Å². The standard InChI is InChI=1S/C20H27NSSi/c1-15(2)23(16(3)4,17(5)6)14-11-18-10-13-22-20(18)19-9-7-8-12-21-19/h7-10,12-13,15-17H,1-6H3. The van der Waals surface area contributed by atoms with Crippen LogP contribution < -0.4 is 0 Å². The lowest BCUT2D eigenvalue weighted by Crippen LogP contribution is -2.43. The van der Waals surface area contributed by atoms with Crippen molar-refractivity contribution in [3.8, 4) is 22.0 Å². The average molecular weight is 342 g/mol. The second-order valence-corrected chi connectivity index (χ2v) is 13.5. The Morgan fingerprint density at radius 1 is 0.957 bits per heavy atom. The fourth-order valence-corrected chi connectivity index (χ4v) is 9.76. The van der Waals surface area contributed by atoms with Gasteiger partial charge in [-0.15, -0.1) is 16.9 Å². The quantitative estimate of drug-likeness (QED) is 0.464. The van der Waals surface area contributed by atoms with E-state index in [9.17, 15) is 0 Å². The number of rotatable bonds is 4. The summed E-state index contributed by atoms with van der Waals surface area (Å²) in [7, 11) is -1.68. The lowest BCUT2D eigenvalue weighted by Gasteiger charge is -2.38. The summed E-state index contributed by atoms with van der Waals surface area (Å²) < 4.78 is 0. The predicted molar refractivity (Wildman–Crippen MR) is 105 cm³/mol. The van der Waals surface area contributed by atoms with Crippen molar-refractivity contribution >= 4 is 19.4 Å². The Balaban J connectivity index is 2.48. The van der Waals surface area contributed by atoms with Crippen molar-refractivity contribution in [3.63, 3.8) is 0 Å². The third-order valence-corrected chi connectivity index (χ3v) is 12.1. The van der Waals surface area contributed by atoms with Gasteiger partial charge in [0.15, 0.2) is 0 Å². The molecule has 3 heteroatoms. The maximum atomic E-state index is 4.49. The molecule has 0 spiro atoms. The fourth-order valence-electron chi connectivity index (χ4n) is 3.71. The minimum Gasteiger partial charge on any atom is -0.255 e. The van der Waals surface area contributed by atoms with Crippen molar-refractivity contribution in [2.45, 2.75) is 58.2 Å². The lowest BCUT2D eigenvalue weighted by molar-refractivity contribution is 0.838. The molecule has 0 N–H and O–H groups in total. The van der Waals surface area contributed by atoms with Crippen molar-refractivity contribution < 1.29 is 0 Å². The second-order valence-electron chi connectivity index (χ2n) is 7.03. The van der Waals surface area contributed by atoms with Crippen LogP contribution in [0, 0.1) is 11.5 Å². The molecule has 0 amide bonds. The number of nitrogens with zero attached hydrogens (tertiary/aromatic N) is 1. The van der Waals surface area contributed by atoms with Gasteiger partial charge in [-0.1, -0.05) is 53.5 Å². The SMILES string of the molecule is CC(C)[Si](C#Cc1ccsc1-c1ccccn1)(C(C)C)C(C)C. The Kier molecular flexibility index (Phi) is 5.83. The van der Waals surface area contributed by atoms with E-state index in [4.69, 9.17) is 0 Å². The summed E-state index contributed by atoms with van der Waals surface area (Å²) in [5, 5.41) is 2.12. The van der Waals surface area contributed by atoms with Gasteiger partial charge >= 0.3 is 0 Å². The van der Waals surface area contributed by atoms with Crippen molar-refractivity contribution in [2.75, 3.05) is 0 Å². The van der Waals surface area contributed by atoms with Crippen molar-refractivity contribution in [2.24, 2.45) is 0 Å². The predicted octanol–water partition coefficient (Wildman–Crippen LogP) is 6.38. The number of aromatic nitrogens is 1. The van der Waals surface area contributed by atoms with Crippen LogP contribution in [0.15, 0.2) is 35.8 Å². The van der Waals surface area contributed by atoms with Crippen LogP contribution in [0.5, 0.6) is 0 Å². The molecule has 2 aromatic heterocycles. The second kappa shape index (κ2) is 7.46. The van der Waals surface area contributed by atoms with Crippen molar-refractivity contribution in [3.05, 3.63) is 41.4 Å². The number of hydrogen-bond acceptors (Lipinski definition) is 2. The Morgan fingerprint density at radius 2 is 1.61 bits per heavy atom. The van der Waals surface area contributed by atoms with Gasteiger partial charge in [0.25, 0.3) is 0 Å². The van der Waals surface area contributed by atoms with E-state index in [1.165, 1.54) is 4.88 Å². The van der Waals surface area contributed by atoms with Crippen LogP contribution in [-0.2, 0) is 0 Å². The van der Waals surface area contributed by atoms with Crippen molar-refractivity contribution in [1.29, 1.82) is 0 Å². The normalized spacial score (nSPS) is 11.9. The first-order valence-electron chi connectivity index (χ1n) is 8.41. The summed E-state index contributed by atoms with van der Waals surface area (Å²) in [5.41, 5.74) is 7.95. The Labute approximate surface area is 146 Å². The van der Waals surface area contributed by atoms with Crippen LogP contribution in [0.25, 0.3) is 10.6 Å². The van der Waals surface area contributed by atoms with E-state index in [1.807, 2.05) is 18.3 Å². The zero-order valence-corrected chi connectivity index (χ0v) is 16.9. The van der Waals surface area contributed by atoms with Crippen LogP contribution in [-0.4, -0.2) is 13.1 Å². The number of pyridine rings is 1. The molecule has 122 valence electrons. The summed E-state index contributed by atoms with van der Waals surface area (Å²) in [6.45, 7) is 14.1. The molecule has 23 heavy (non-hydrogen) atoms. The van der Waals surface area contributed by atoms with E-state index < -0.39 is 8.07 Å². The zero-order chi connectivity index (χ0) is 17.0. The minimum absolute atomic E-state index is 0.659. The molecule has 0 saturated heterocycles. The molecular formula is C20H27NSSi. The summed E-state index contributed by atoms with van der Waals surface area (Å²) in [6.07, 6.45) is 1.85. The summed E-state index contributed by atoms with van der Waals surface area (Å²) in [6, 6.07) is 8.20. The van der Waals surface area contributed by atoms with E-state index >= 15 is 0 Å². The van der Waals surface area contributed by atoms with Crippen LogP contribution in [0.3, 0.4) is 0 Å². The molecule has 0 saturated carbocycles. The van der Waals surface area contributed by atoms with Gasteiger partial charge in [-0.25, -0.2) is 0 Å². The fraction of sp³-hybridized carbons (Fsp3) is 0.450. The Morgan fingerprint density at radius 3 is 2.13 bits per heavy atom. The molecule has 0 bridgehead atoms. The largest absolute Gasteiger partial charge is 0.255 e. The van der Waals surface area contributed by atoms with Crippen LogP contribution in [0.4, 0.5) is 0 Å². The first-order valence-corrected chi connectivity index (χ1v) is 11.5. The zero-order valence-electron chi connectivity index (χ0n) is 15.1. The average Bonchev–Trinajstić information content (AvgIpc) is 2.96. The third kappa shape index (κ3) is 3.59. The molecule has 0 aromatic carbocycles. The summed E-state index contributed by atoms with van der Waals surface area (Å²) in [5.74, 6) is 3.56. The number of thiophene rings is 1. The molecule has 0 aliphatic rings. The molecule has 0 unspecified atom stereocenters. The smallest absolute Gasteiger partial charge is 0.146 e. The van der Waals surface area contributed by atoms with Crippen LogP contribution in [0.1, 0.15) is 47.1 Å². The van der Waals surface area contributed by atoms with Gasteiger partial charge < -0.3 is 0 Å². The van der Waals surface area contributed by atoms with Crippen LogP contribution >= 0.6 is 11.3 Å². The molecule has 0 fully saturated rings. The molecule has 2 heterocycles. The minimum atomic E-state index is -1.68. The van der Waals surface area contributed by atoms with Gasteiger partial charge in [0.2, 0.25) is 0 Å². The van der Waals surface area contributed by atoms with Gasteiger partial charge in [-0.3, -0.25) is 4.98 Å². The van der Waals surface area contributed by atoms with Gasteiger partial charge in [0, 0.05) is 11.8 Å². The van der Waals surface area contributed by atoms with Gasteiger partial charge in [0.05, 0.1) is 10.6 Å². The molecule has 1 nitrogen and oxygen atoms in total. The summed E-state index contributed by atoms with van der Waals surface area (Å²) in [4.78, 5) is 5.68. The van der Waals surface area contributed by atoms with E-state index in [0.717, 1.165) is 11.3 Å². The maximum absolute atomic E-state index is 4.49. The first kappa shape index (κ1) is 18.0. The monoisotopic (exact) mass is 341 g/mol. The Bertz CT molecular complexity index is 667. The third-order valence-electron chi connectivity index (χ3n) is 4.84. The highest BCUT2D eigenvalue weighted by atomic mass is 32.1. The highest BCUT2D eigenvalue weighted by Crippen LogP contribution is 2.41. The van der Waals surface area contributed by atoms with E-state index in [0.29, 0.717) is 16.6 Å². The first-order chi connectivity index (χ1) is 10.9. The van der Waals surface area contributed by atoms with E-state index in [2.05, 4.69) is 75.5 Å². The topological polar surface area (TPSA) is 12.9 Å². The molecule has 0 radical (unpaired) electrons.